The molecule has 0 bridgehead atoms. The van der Waals surface area contributed by atoms with E-state index in [0.29, 0.717) is 5.02 Å². The average Bonchev–Trinajstić information content (AvgIpc) is 2.17. The molecule has 1 aromatic rings. The van der Waals surface area contributed by atoms with Gasteiger partial charge in [-0.05, 0) is 24.6 Å². The summed E-state index contributed by atoms with van der Waals surface area (Å²) >= 11 is 5.77. The van der Waals surface area contributed by atoms with Crippen molar-refractivity contribution in [2.45, 2.75) is 12.8 Å². The number of benzene rings is 1. The summed E-state index contributed by atoms with van der Waals surface area (Å²) in [6.07, 6.45) is 0. The lowest BCUT2D eigenvalue weighted by Gasteiger charge is -2.16. The second-order valence-electron chi connectivity index (χ2n) is 3.64. The van der Waals surface area contributed by atoms with Crippen molar-refractivity contribution >= 4 is 17.5 Å². The first-order chi connectivity index (χ1) is 7.00. The van der Waals surface area contributed by atoms with E-state index in [1.807, 2.05) is 19.1 Å². The van der Waals surface area contributed by atoms with Gasteiger partial charge in [0.05, 0.1) is 5.92 Å². The van der Waals surface area contributed by atoms with Gasteiger partial charge in [0, 0.05) is 19.1 Å². The summed E-state index contributed by atoms with van der Waals surface area (Å²) in [5.74, 6) is -0.202. The van der Waals surface area contributed by atoms with Gasteiger partial charge in [-0.1, -0.05) is 23.7 Å². The third-order valence-electron chi connectivity index (χ3n) is 2.10. The van der Waals surface area contributed by atoms with Crippen molar-refractivity contribution in [2.24, 2.45) is 0 Å². The fraction of sp³-hybridized carbons (Fsp3) is 0.364. The topological polar surface area (TPSA) is 32.3 Å². The smallest absolute Gasteiger partial charge is 0.241 e. The predicted octanol–water partition coefficient (Wildman–Crippen LogP) is 2.04. The van der Waals surface area contributed by atoms with Gasteiger partial charge >= 0.3 is 0 Å². The van der Waals surface area contributed by atoms with Gasteiger partial charge in [-0.15, -0.1) is 0 Å². The number of hydrogen-bond acceptors (Lipinski definition) is 2. The summed E-state index contributed by atoms with van der Waals surface area (Å²) < 4.78 is 0. The van der Waals surface area contributed by atoms with Crippen LogP contribution in [0.4, 0.5) is 0 Å². The fourth-order valence-electron chi connectivity index (χ4n) is 1.22. The molecule has 3 nitrogen and oxygen atoms in total. The number of nitrogens with one attached hydrogen (secondary N) is 1. The molecule has 0 aromatic heterocycles. The number of hydrazine groups is 1. The van der Waals surface area contributed by atoms with Crippen LogP contribution in [0.25, 0.3) is 0 Å². The normalized spacial score (nSPS) is 12.6. The molecule has 1 N–H and O–H groups in total. The summed E-state index contributed by atoms with van der Waals surface area (Å²) in [6.45, 7) is 1.86. The Kier molecular flexibility index (Phi) is 4.12. The van der Waals surface area contributed by atoms with Crippen molar-refractivity contribution in [1.82, 2.24) is 10.4 Å². The number of nitrogens with zero attached hydrogens (tertiary/aromatic N) is 1. The maximum atomic E-state index is 11.7. The largest absolute Gasteiger partial charge is 0.289 e. The molecule has 1 unspecified atom stereocenters. The molecule has 1 aromatic carbocycles. The van der Waals surface area contributed by atoms with Crippen molar-refractivity contribution in [3.8, 4) is 0 Å². The van der Waals surface area contributed by atoms with E-state index in [1.54, 1.807) is 31.2 Å². The molecule has 1 rings (SSSR count). The lowest BCUT2D eigenvalue weighted by atomic mass is 10.0. The van der Waals surface area contributed by atoms with E-state index < -0.39 is 0 Å². The number of amides is 1. The number of hydrogen-bond donors (Lipinski definition) is 1. The Morgan fingerprint density at radius 2 is 1.87 bits per heavy atom. The van der Waals surface area contributed by atoms with Crippen LogP contribution in [-0.4, -0.2) is 25.0 Å². The van der Waals surface area contributed by atoms with Gasteiger partial charge in [0.2, 0.25) is 5.91 Å². The maximum absolute atomic E-state index is 11.7. The van der Waals surface area contributed by atoms with Crippen molar-refractivity contribution in [2.75, 3.05) is 14.1 Å². The molecule has 4 heteroatoms. The van der Waals surface area contributed by atoms with Crippen molar-refractivity contribution in [3.63, 3.8) is 0 Å². The first-order valence-corrected chi connectivity index (χ1v) is 5.12. The SMILES string of the molecule is CC(C(=O)NN(C)C)c1ccc(Cl)cc1. The zero-order valence-electron chi connectivity index (χ0n) is 9.12. The average molecular weight is 227 g/mol. The van der Waals surface area contributed by atoms with E-state index in [2.05, 4.69) is 5.43 Å². The Bertz CT molecular complexity index is 335. The molecule has 0 saturated heterocycles. The molecule has 0 aliphatic heterocycles. The second-order valence-corrected chi connectivity index (χ2v) is 4.08. The van der Waals surface area contributed by atoms with Crippen LogP contribution in [0.3, 0.4) is 0 Å². The molecule has 1 amide bonds. The highest BCUT2D eigenvalue weighted by Gasteiger charge is 2.14. The minimum Gasteiger partial charge on any atom is -0.289 e. The standard InChI is InChI=1S/C11H15ClN2O/c1-8(11(15)13-14(2)3)9-4-6-10(12)7-5-9/h4-8H,1-3H3,(H,13,15). The molecular weight excluding hydrogens is 212 g/mol. The molecule has 82 valence electrons. The molecular formula is C11H15ClN2O. The molecule has 0 radical (unpaired) electrons. The predicted molar refractivity (Wildman–Crippen MR) is 61.7 cm³/mol. The molecule has 0 fully saturated rings. The van der Waals surface area contributed by atoms with Crippen molar-refractivity contribution in [3.05, 3.63) is 34.9 Å². The Morgan fingerprint density at radius 1 is 1.33 bits per heavy atom. The second kappa shape index (κ2) is 5.14. The van der Waals surface area contributed by atoms with Crippen LogP contribution < -0.4 is 5.43 Å². The number of carbonyl (C=O) groups is 1. The molecule has 0 saturated carbocycles. The summed E-state index contributed by atoms with van der Waals surface area (Å²) in [4.78, 5) is 11.7. The van der Waals surface area contributed by atoms with E-state index in [4.69, 9.17) is 11.6 Å². The summed E-state index contributed by atoms with van der Waals surface area (Å²) in [7, 11) is 3.57. The van der Waals surface area contributed by atoms with E-state index >= 15 is 0 Å². The number of rotatable bonds is 3. The Morgan fingerprint density at radius 3 is 2.33 bits per heavy atom. The van der Waals surface area contributed by atoms with E-state index in [0.717, 1.165) is 5.56 Å². The van der Waals surface area contributed by atoms with Gasteiger partial charge in [0.15, 0.2) is 0 Å². The number of halogens is 1. The Labute approximate surface area is 95.0 Å². The van der Waals surface area contributed by atoms with Gasteiger partial charge in [-0.25, -0.2) is 5.01 Å². The summed E-state index contributed by atoms with van der Waals surface area (Å²) in [5.41, 5.74) is 3.67. The van der Waals surface area contributed by atoms with Crippen LogP contribution in [0.5, 0.6) is 0 Å². The molecule has 0 aliphatic carbocycles. The van der Waals surface area contributed by atoms with Crippen LogP contribution in [-0.2, 0) is 4.79 Å². The fourth-order valence-corrected chi connectivity index (χ4v) is 1.35. The minimum absolute atomic E-state index is 0.0256. The highest BCUT2D eigenvalue weighted by Crippen LogP contribution is 2.18. The third kappa shape index (κ3) is 3.53. The van der Waals surface area contributed by atoms with Gasteiger partial charge in [0.1, 0.15) is 0 Å². The molecule has 0 aliphatic rings. The van der Waals surface area contributed by atoms with Crippen LogP contribution in [0.15, 0.2) is 24.3 Å². The van der Waals surface area contributed by atoms with Crippen molar-refractivity contribution < 1.29 is 4.79 Å². The monoisotopic (exact) mass is 226 g/mol. The van der Waals surface area contributed by atoms with E-state index in [1.165, 1.54) is 0 Å². The van der Waals surface area contributed by atoms with E-state index in [-0.39, 0.29) is 11.8 Å². The lowest BCUT2D eigenvalue weighted by Crippen LogP contribution is -2.38. The van der Waals surface area contributed by atoms with Crippen molar-refractivity contribution in [1.29, 1.82) is 0 Å². The minimum atomic E-state index is -0.176. The zero-order chi connectivity index (χ0) is 11.4. The van der Waals surface area contributed by atoms with Gasteiger partial charge in [0.25, 0.3) is 0 Å². The quantitative estimate of drug-likeness (QED) is 0.800. The van der Waals surface area contributed by atoms with Crippen LogP contribution >= 0.6 is 11.6 Å². The first kappa shape index (κ1) is 12.0. The summed E-state index contributed by atoms with van der Waals surface area (Å²) in [6, 6.07) is 7.30. The molecule has 0 spiro atoms. The van der Waals surface area contributed by atoms with Gasteiger partial charge < -0.3 is 0 Å². The first-order valence-electron chi connectivity index (χ1n) is 4.74. The van der Waals surface area contributed by atoms with E-state index in [9.17, 15) is 4.79 Å². The summed E-state index contributed by atoms with van der Waals surface area (Å²) in [5, 5.41) is 2.31. The number of carbonyl (C=O) groups excluding carboxylic acids is 1. The molecule has 15 heavy (non-hydrogen) atoms. The highest BCUT2D eigenvalue weighted by atomic mass is 35.5. The van der Waals surface area contributed by atoms with Crippen LogP contribution in [0.1, 0.15) is 18.4 Å². The van der Waals surface area contributed by atoms with Crippen LogP contribution in [0, 0.1) is 0 Å². The van der Waals surface area contributed by atoms with Gasteiger partial charge in [-0.3, -0.25) is 10.2 Å². The molecule has 1 atom stereocenters. The lowest BCUT2D eigenvalue weighted by molar-refractivity contribution is -0.125. The maximum Gasteiger partial charge on any atom is 0.241 e. The third-order valence-corrected chi connectivity index (χ3v) is 2.35. The Balaban J connectivity index is 2.71. The van der Waals surface area contributed by atoms with Gasteiger partial charge in [-0.2, -0.15) is 0 Å². The zero-order valence-corrected chi connectivity index (χ0v) is 9.88. The highest BCUT2D eigenvalue weighted by molar-refractivity contribution is 6.30. The van der Waals surface area contributed by atoms with Crippen LogP contribution in [0.2, 0.25) is 5.02 Å². The Hall–Kier alpha value is -1.06. The molecule has 0 heterocycles.